The van der Waals surface area contributed by atoms with Crippen LogP contribution in [-0.4, -0.2) is 42.4 Å². The van der Waals surface area contributed by atoms with Crippen molar-refractivity contribution in [2.24, 2.45) is 16.4 Å². The van der Waals surface area contributed by atoms with Crippen LogP contribution in [0.15, 0.2) is 47.6 Å². The molecule has 1 amide bonds. The van der Waals surface area contributed by atoms with Gasteiger partial charge in [-0.2, -0.15) is 5.10 Å². The normalized spacial score (nSPS) is 18.2. The summed E-state index contributed by atoms with van der Waals surface area (Å²) in [5.74, 6) is -0.743. The van der Waals surface area contributed by atoms with Crippen molar-refractivity contribution in [3.05, 3.63) is 53.6 Å². The van der Waals surface area contributed by atoms with Gasteiger partial charge in [0.05, 0.1) is 19.4 Å². The molecule has 10 heteroatoms. The minimum absolute atomic E-state index is 0.0493. The highest BCUT2D eigenvalue weighted by Crippen LogP contribution is 2.35. The molecule has 1 N–H and O–H groups in total. The predicted molar refractivity (Wildman–Crippen MR) is 135 cm³/mol. The highest BCUT2D eigenvalue weighted by atomic mass is 19.4. The molecule has 2 unspecified atom stereocenters. The lowest BCUT2D eigenvalue weighted by molar-refractivity contribution is -0.275. The Kier molecular flexibility index (Phi) is 8.50. The van der Waals surface area contributed by atoms with Crippen molar-refractivity contribution in [3.63, 3.8) is 0 Å². The van der Waals surface area contributed by atoms with Gasteiger partial charge in [0.15, 0.2) is 11.5 Å². The Hall–Kier alpha value is -3.56. The smallest absolute Gasteiger partial charge is 0.493 e. The maximum Gasteiger partial charge on any atom is 0.573 e. The first-order valence-electron chi connectivity index (χ1n) is 12.0. The van der Waals surface area contributed by atoms with Crippen LogP contribution in [0.1, 0.15) is 51.7 Å². The Labute approximate surface area is 214 Å². The van der Waals surface area contributed by atoms with Gasteiger partial charge in [0.1, 0.15) is 12.3 Å². The lowest BCUT2D eigenvalue weighted by atomic mass is 9.87. The third-order valence-electron chi connectivity index (χ3n) is 6.10. The Balaban J connectivity index is 1.90. The number of rotatable bonds is 8. The topological polar surface area (TPSA) is 80.2 Å². The molecule has 0 aliphatic carbocycles. The molecule has 2 atom stereocenters. The van der Waals surface area contributed by atoms with Crippen LogP contribution in [0.25, 0.3) is 0 Å². The highest BCUT2D eigenvalue weighted by molar-refractivity contribution is 6.03. The minimum atomic E-state index is -4.88. The van der Waals surface area contributed by atoms with Gasteiger partial charge in [0.2, 0.25) is 5.91 Å². The van der Waals surface area contributed by atoms with Crippen LogP contribution in [0.4, 0.5) is 18.9 Å². The second-order valence-electron chi connectivity index (χ2n) is 9.94. The number of halogens is 3. The van der Waals surface area contributed by atoms with Crippen LogP contribution < -0.4 is 14.8 Å². The van der Waals surface area contributed by atoms with Crippen molar-refractivity contribution >= 4 is 23.6 Å². The monoisotopic (exact) mass is 519 g/mol. The van der Waals surface area contributed by atoms with Crippen LogP contribution in [0, 0.1) is 11.3 Å². The van der Waals surface area contributed by atoms with Crippen LogP contribution in [0.3, 0.4) is 0 Å². The number of alkyl halides is 3. The molecular weight excluding hydrogens is 487 g/mol. The summed E-state index contributed by atoms with van der Waals surface area (Å²) in [4.78, 5) is 24.1. The van der Waals surface area contributed by atoms with Crippen molar-refractivity contribution < 1.29 is 32.2 Å². The average molecular weight is 520 g/mol. The summed E-state index contributed by atoms with van der Waals surface area (Å²) in [6.45, 7) is 7.73. The maximum atomic E-state index is 13.0. The molecule has 0 saturated carbocycles. The molecule has 0 spiro atoms. The van der Waals surface area contributed by atoms with Crippen molar-refractivity contribution in [1.29, 1.82) is 0 Å². The number of carbonyl (C=O) groups is 2. The van der Waals surface area contributed by atoms with Gasteiger partial charge < -0.3 is 19.6 Å². The SMILES string of the molecule is CCC1CC(C=O)N(Cc2ccc(NC(=O)C(C)(C)C)cc2)N=C1c1ccc(OC)c(OC(F)(F)F)c1. The molecule has 2 aromatic rings. The lowest BCUT2D eigenvalue weighted by Crippen LogP contribution is -2.41. The van der Waals surface area contributed by atoms with Gasteiger partial charge in [-0.3, -0.25) is 9.80 Å². The molecule has 7 nitrogen and oxygen atoms in total. The van der Waals surface area contributed by atoms with Gasteiger partial charge in [0.25, 0.3) is 0 Å². The first-order chi connectivity index (χ1) is 17.3. The van der Waals surface area contributed by atoms with Crippen LogP contribution in [0.5, 0.6) is 11.5 Å². The molecule has 2 aromatic carbocycles. The van der Waals surface area contributed by atoms with Crippen molar-refractivity contribution in [2.75, 3.05) is 12.4 Å². The fourth-order valence-corrected chi connectivity index (χ4v) is 3.99. The Morgan fingerprint density at radius 3 is 2.35 bits per heavy atom. The number of amides is 1. The third-order valence-corrected chi connectivity index (χ3v) is 6.10. The Morgan fingerprint density at radius 1 is 1.14 bits per heavy atom. The van der Waals surface area contributed by atoms with E-state index in [1.54, 1.807) is 23.2 Å². The van der Waals surface area contributed by atoms with E-state index >= 15 is 0 Å². The van der Waals surface area contributed by atoms with E-state index in [-0.39, 0.29) is 17.6 Å². The summed E-state index contributed by atoms with van der Waals surface area (Å²) in [5, 5.41) is 9.23. The molecule has 3 rings (SSSR count). The van der Waals surface area contributed by atoms with E-state index in [4.69, 9.17) is 9.84 Å². The zero-order valence-corrected chi connectivity index (χ0v) is 21.6. The number of hydrazone groups is 1. The van der Waals surface area contributed by atoms with E-state index in [9.17, 15) is 22.8 Å². The van der Waals surface area contributed by atoms with Crippen molar-refractivity contribution in [2.45, 2.75) is 59.5 Å². The van der Waals surface area contributed by atoms with Gasteiger partial charge in [-0.05, 0) is 48.7 Å². The number of aldehydes is 1. The fraction of sp³-hybridized carbons (Fsp3) is 0.444. The zero-order valence-electron chi connectivity index (χ0n) is 21.6. The summed E-state index contributed by atoms with van der Waals surface area (Å²) in [7, 11) is 1.27. The number of nitrogens with one attached hydrogen (secondary N) is 1. The minimum Gasteiger partial charge on any atom is -0.493 e. The first kappa shape index (κ1) is 28.0. The summed E-state index contributed by atoms with van der Waals surface area (Å²) < 4.78 is 48.1. The van der Waals surface area contributed by atoms with Gasteiger partial charge >= 0.3 is 6.36 Å². The first-order valence-corrected chi connectivity index (χ1v) is 12.0. The van der Waals surface area contributed by atoms with Crippen LogP contribution in [0.2, 0.25) is 0 Å². The number of anilines is 1. The Morgan fingerprint density at radius 2 is 1.81 bits per heavy atom. The number of methoxy groups -OCH3 is 1. The van der Waals surface area contributed by atoms with Crippen molar-refractivity contribution in [3.8, 4) is 11.5 Å². The molecule has 0 aromatic heterocycles. The second-order valence-corrected chi connectivity index (χ2v) is 9.94. The summed E-state index contributed by atoms with van der Waals surface area (Å²) in [6.07, 6.45) is -2.91. The van der Waals surface area contributed by atoms with E-state index < -0.39 is 23.6 Å². The standard InChI is InChI=1S/C27H32F3N3O4/c1-6-18-13-21(16-34)33(15-17-7-10-20(11-8-17)31-25(35)26(2,3)4)32-24(18)19-9-12-22(36-5)23(14-19)37-27(28,29)30/h7-12,14,16,18,21H,6,13,15H2,1-5H3,(H,31,35). The molecule has 1 aliphatic heterocycles. The molecule has 200 valence electrons. The molecule has 37 heavy (non-hydrogen) atoms. The predicted octanol–water partition coefficient (Wildman–Crippen LogP) is 5.78. The van der Waals surface area contributed by atoms with Crippen LogP contribution in [-0.2, 0) is 16.1 Å². The second kappa shape index (κ2) is 11.2. The highest BCUT2D eigenvalue weighted by Gasteiger charge is 2.34. The third kappa shape index (κ3) is 7.24. The maximum absolute atomic E-state index is 13.0. The number of hydrogen-bond acceptors (Lipinski definition) is 6. The number of benzene rings is 2. The molecule has 1 heterocycles. The van der Waals surface area contributed by atoms with Gasteiger partial charge in [-0.15, -0.1) is 13.2 Å². The number of hydrogen-bond donors (Lipinski definition) is 1. The van der Waals surface area contributed by atoms with E-state index in [1.807, 2.05) is 39.8 Å². The van der Waals surface area contributed by atoms with Gasteiger partial charge in [0, 0.05) is 22.6 Å². The summed E-state index contributed by atoms with van der Waals surface area (Å²) >= 11 is 0. The molecular formula is C27H32F3N3O4. The average Bonchev–Trinajstić information content (AvgIpc) is 2.83. The zero-order chi connectivity index (χ0) is 27.4. The number of carbonyl (C=O) groups excluding carboxylic acids is 2. The van der Waals surface area contributed by atoms with E-state index in [0.717, 1.165) is 11.8 Å². The molecule has 1 aliphatic rings. The van der Waals surface area contributed by atoms with Gasteiger partial charge in [-0.1, -0.05) is 39.8 Å². The molecule has 0 saturated heterocycles. The van der Waals surface area contributed by atoms with Crippen LogP contribution >= 0.6 is 0 Å². The molecule has 0 radical (unpaired) electrons. The van der Waals surface area contributed by atoms with E-state index in [2.05, 4.69) is 10.1 Å². The molecule has 0 fully saturated rings. The van der Waals surface area contributed by atoms with E-state index in [0.29, 0.717) is 36.3 Å². The van der Waals surface area contributed by atoms with E-state index in [1.165, 1.54) is 19.2 Å². The van der Waals surface area contributed by atoms with Crippen molar-refractivity contribution in [1.82, 2.24) is 5.01 Å². The number of nitrogens with zero attached hydrogens (tertiary/aromatic N) is 2. The van der Waals surface area contributed by atoms with Gasteiger partial charge in [-0.25, -0.2) is 0 Å². The molecule has 0 bridgehead atoms. The Bertz CT molecular complexity index is 1140. The quantitative estimate of drug-likeness (QED) is 0.447. The number of ether oxygens (including phenoxy) is 2. The summed E-state index contributed by atoms with van der Waals surface area (Å²) in [5.41, 5.74) is 2.01. The largest absolute Gasteiger partial charge is 0.573 e. The summed E-state index contributed by atoms with van der Waals surface area (Å²) in [6, 6.07) is 11.1. The fourth-order valence-electron chi connectivity index (χ4n) is 3.99. The lowest BCUT2D eigenvalue weighted by Gasteiger charge is -2.35.